The average Bonchev–Trinajstić information content (AvgIpc) is 3.71. The second kappa shape index (κ2) is 69.8. The van der Waals surface area contributed by atoms with Crippen molar-refractivity contribution in [3.63, 3.8) is 0 Å². The number of allylic oxidation sites excluding steroid dienone is 7. The van der Waals surface area contributed by atoms with Crippen LogP contribution in [0.15, 0.2) is 48.6 Å². The molecule has 0 bridgehead atoms. The van der Waals surface area contributed by atoms with Gasteiger partial charge in [0.25, 0.3) is 7.82 Å². The molecule has 0 rings (SSSR count). The van der Waals surface area contributed by atoms with Crippen molar-refractivity contribution < 1.29 is 32.9 Å². The van der Waals surface area contributed by atoms with Gasteiger partial charge in [0.1, 0.15) is 13.2 Å². The standard InChI is InChI=1S/C79H153N2O6P/c1-6-8-10-12-14-16-18-20-22-24-26-28-30-32-33-34-35-36-37-38-39-40-41-42-43-44-45-46-47-49-51-53-55-57-59-61-63-65-67-69-71-73-79(83)80-77(76-87-88(84,85)86-75-74-81(3,4)5)78(82)72-70-68-66-64-62-60-58-56-54-52-50-48-31-29-27-25-23-21-19-17-15-13-11-9-7-2/h18,20,24,26,30,32,70,72,77-78,82H,6-17,19,21-23,25,27-29,31,33-69,71,73-76H2,1-5H3,(H-,80,83,84,85)/b20-18-,26-24-,32-30-,72-70+. The molecular formula is C79H153N2O6P. The van der Waals surface area contributed by atoms with E-state index in [1.54, 1.807) is 6.08 Å². The minimum absolute atomic E-state index is 0.00126. The Morgan fingerprint density at radius 2 is 0.659 bits per heavy atom. The summed E-state index contributed by atoms with van der Waals surface area (Å²) in [7, 11) is 1.28. The van der Waals surface area contributed by atoms with Gasteiger partial charge in [-0.05, 0) is 57.8 Å². The van der Waals surface area contributed by atoms with Crippen LogP contribution in [0.1, 0.15) is 399 Å². The smallest absolute Gasteiger partial charge is 0.268 e. The normalized spacial score (nSPS) is 13.8. The van der Waals surface area contributed by atoms with Crippen molar-refractivity contribution in [2.45, 2.75) is 411 Å². The predicted octanol–water partition coefficient (Wildman–Crippen LogP) is 24.7. The van der Waals surface area contributed by atoms with E-state index in [0.717, 1.165) is 51.4 Å². The van der Waals surface area contributed by atoms with E-state index in [9.17, 15) is 19.4 Å². The largest absolute Gasteiger partial charge is 0.756 e. The van der Waals surface area contributed by atoms with Crippen molar-refractivity contribution in [3.8, 4) is 0 Å². The van der Waals surface area contributed by atoms with Gasteiger partial charge in [0, 0.05) is 6.42 Å². The first-order valence-electron chi connectivity index (χ1n) is 39.0. The van der Waals surface area contributed by atoms with Gasteiger partial charge in [-0.1, -0.05) is 383 Å². The molecule has 0 saturated heterocycles. The molecule has 0 aliphatic carbocycles. The number of aliphatic hydroxyl groups excluding tert-OH is 1. The molecule has 0 radical (unpaired) electrons. The van der Waals surface area contributed by atoms with Crippen LogP contribution in [0.4, 0.5) is 0 Å². The monoisotopic (exact) mass is 1260 g/mol. The van der Waals surface area contributed by atoms with Crippen LogP contribution >= 0.6 is 7.82 Å². The van der Waals surface area contributed by atoms with Crippen molar-refractivity contribution in [1.82, 2.24) is 5.32 Å². The van der Waals surface area contributed by atoms with Crippen LogP contribution in [0.3, 0.4) is 0 Å². The summed E-state index contributed by atoms with van der Waals surface area (Å²) in [5.41, 5.74) is 0. The Labute approximate surface area is 549 Å². The summed E-state index contributed by atoms with van der Waals surface area (Å²) in [6, 6.07) is -0.887. The molecule has 520 valence electrons. The molecule has 1 amide bonds. The third kappa shape index (κ3) is 71.9. The zero-order chi connectivity index (χ0) is 64.1. The summed E-state index contributed by atoms with van der Waals surface area (Å²) in [6.45, 7) is 4.70. The summed E-state index contributed by atoms with van der Waals surface area (Å²) in [4.78, 5) is 25.7. The van der Waals surface area contributed by atoms with Crippen molar-refractivity contribution >= 4 is 13.7 Å². The Morgan fingerprint density at radius 1 is 0.398 bits per heavy atom. The van der Waals surface area contributed by atoms with E-state index in [0.29, 0.717) is 17.4 Å². The number of phosphoric ester groups is 1. The number of unbranched alkanes of at least 4 members (excludes halogenated alkanes) is 54. The quantitative estimate of drug-likeness (QED) is 0.0272. The first-order chi connectivity index (χ1) is 43.0. The molecule has 0 aliphatic heterocycles. The molecule has 3 atom stereocenters. The molecule has 0 spiro atoms. The number of carbonyl (C=O) groups is 1. The van der Waals surface area contributed by atoms with Crippen LogP contribution in [0.2, 0.25) is 0 Å². The van der Waals surface area contributed by atoms with Crippen LogP contribution in [-0.4, -0.2) is 68.5 Å². The van der Waals surface area contributed by atoms with Gasteiger partial charge < -0.3 is 28.8 Å². The summed E-state index contributed by atoms with van der Waals surface area (Å²) in [6.07, 6.45) is 95.6. The topological polar surface area (TPSA) is 108 Å². The average molecular weight is 1260 g/mol. The highest BCUT2D eigenvalue weighted by Crippen LogP contribution is 2.38. The van der Waals surface area contributed by atoms with Crippen molar-refractivity contribution in [2.75, 3.05) is 40.9 Å². The Bertz CT molecular complexity index is 1580. The van der Waals surface area contributed by atoms with Crippen LogP contribution in [0, 0.1) is 0 Å². The lowest BCUT2D eigenvalue weighted by atomic mass is 10.0. The van der Waals surface area contributed by atoms with Crippen molar-refractivity contribution in [3.05, 3.63) is 48.6 Å². The fraction of sp³-hybridized carbons (Fsp3) is 0.886. The zero-order valence-corrected chi connectivity index (χ0v) is 60.6. The number of hydrogen-bond donors (Lipinski definition) is 2. The zero-order valence-electron chi connectivity index (χ0n) is 59.7. The number of nitrogens with one attached hydrogen (secondary N) is 1. The van der Waals surface area contributed by atoms with Crippen molar-refractivity contribution in [2.24, 2.45) is 0 Å². The molecule has 8 nitrogen and oxygen atoms in total. The van der Waals surface area contributed by atoms with Gasteiger partial charge in [0.05, 0.1) is 39.9 Å². The first kappa shape index (κ1) is 86.5. The number of amides is 1. The maximum atomic E-state index is 13.1. The first-order valence-corrected chi connectivity index (χ1v) is 40.5. The molecule has 0 aromatic carbocycles. The second-order valence-corrected chi connectivity index (χ2v) is 29.5. The molecular weight excluding hydrogens is 1100 g/mol. The lowest BCUT2D eigenvalue weighted by molar-refractivity contribution is -0.870. The van der Waals surface area contributed by atoms with Gasteiger partial charge in [-0.25, -0.2) is 0 Å². The Morgan fingerprint density at radius 3 is 0.955 bits per heavy atom. The molecule has 0 saturated carbocycles. The maximum Gasteiger partial charge on any atom is 0.268 e. The number of carbonyl (C=O) groups excluding carboxylic acids is 1. The highest BCUT2D eigenvalue weighted by Gasteiger charge is 2.23. The fourth-order valence-corrected chi connectivity index (χ4v) is 12.7. The number of phosphoric acid groups is 1. The highest BCUT2D eigenvalue weighted by atomic mass is 31.2. The van der Waals surface area contributed by atoms with Crippen LogP contribution < -0.4 is 10.2 Å². The van der Waals surface area contributed by atoms with E-state index in [1.165, 1.54) is 327 Å². The number of likely N-dealkylation sites (N-methyl/N-ethyl adjacent to an activating group) is 1. The predicted molar refractivity (Wildman–Crippen MR) is 385 cm³/mol. The molecule has 88 heavy (non-hydrogen) atoms. The lowest BCUT2D eigenvalue weighted by Crippen LogP contribution is -2.45. The molecule has 2 N–H and O–H groups in total. The number of nitrogens with zero attached hydrogens (tertiary/aromatic N) is 1. The number of hydrogen-bond acceptors (Lipinski definition) is 6. The lowest BCUT2D eigenvalue weighted by Gasteiger charge is -2.29. The minimum Gasteiger partial charge on any atom is -0.756 e. The van der Waals surface area contributed by atoms with Gasteiger partial charge in [-0.3, -0.25) is 9.36 Å². The summed E-state index contributed by atoms with van der Waals surface area (Å²) < 4.78 is 23.5. The van der Waals surface area contributed by atoms with Crippen LogP contribution in [-0.2, 0) is 18.4 Å². The SMILES string of the molecule is CCCCCCC/C=C\C/C=C\C/C=C\CCCCCCCCCCCCCCCCCCCCCCCCCCCCC(=O)NC(COP(=O)([O-])OCC[N+](C)(C)C)C(O)/C=C/CCCCCCCCCCCCCCCCCCCCCCCCC. The van der Waals surface area contributed by atoms with Gasteiger partial charge in [0.2, 0.25) is 5.91 Å². The van der Waals surface area contributed by atoms with Gasteiger partial charge in [-0.2, -0.15) is 0 Å². The van der Waals surface area contributed by atoms with Gasteiger partial charge in [0.15, 0.2) is 0 Å². The van der Waals surface area contributed by atoms with E-state index in [1.807, 2.05) is 27.2 Å². The van der Waals surface area contributed by atoms with E-state index >= 15 is 0 Å². The third-order valence-corrected chi connectivity index (χ3v) is 19.0. The maximum absolute atomic E-state index is 13.1. The summed E-state index contributed by atoms with van der Waals surface area (Å²) >= 11 is 0. The minimum atomic E-state index is -4.60. The second-order valence-electron chi connectivity index (χ2n) is 28.1. The number of aliphatic hydroxyl groups is 1. The molecule has 0 aromatic rings. The Kier molecular flexibility index (Phi) is 68.6. The van der Waals surface area contributed by atoms with E-state index < -0.39 is 20.0 Å². The van der Waals surface area contributed by atoms with Gasteiger partial charge >= 0.3 is 0 Å². The highest BCUT2D eigenvalue weighted by molar-refractivity contribution is 7.45. The van der Waals surface area contributed by atoms with Crippen LogP contribution in [0.25, 0.3) is 0 Å². The molecule has 0 aliphatic rings. The molecule has 3 unspecified atom stereocenters. The molecule has 9 heteroatoms. The third-order valence-electron chi connectivity index (χ3n) is 18.0. The number of quaternary nitrogens is 1. The van der Waals surface area contributed by atoms with E-state index in [-0.39, 0.29) is 19.1 Å². The number of rotatable bonds is 73. The Balaban J connectivity index is 3.92. The Hall–Kier alpha value is -1.54. The summed E-state index contributed by atoms with van der Waals surface area (Å²) in [5, 5.41) is 14.0. The van der Waals surface area contributed by atoms with Crippen molar-refractivity contribution in [1.29, 1.82) is 0 Å². The molecule has 0 aromatic heterocycles. The van der Waals surface area contributed by atoms with E-state index in [2.05, 4.69) is 55.6 Å². The van der Waals surface area contributed by atoms with Crippen LogP contribution in [0.5, 0.6) is 0 Å². The molecule has 0 fully saturated rings. The summed E-state index contributed by atoms with van der Waals surface area (Å²) in [5.74, 6) is -0.189. The van der Waals surface area contributed by atoms with Gasteiger partial charge in [-0.15, -0.1) is 0 Å². The van der Waals surface area contributed by atoms with E-state index in [4.69, 9.17) is 9.05 Å². The fourth-order valence-electron chi connectivity index (χ4n) is 12.0. The molecule has 0 heterocycles.